The second-order valence-corrected chi connectivity index (χ2v) is 12.9. The van der Waals surface area contributed by atoms with Gasteiger partial charge in [0, 0.05) is 24.9 Å². The number of rotatable bonds is 10. The van der Waals surface area contributed by atoms with E-state index in [9.17, 15) is 24.3 Å². The van der Waals surface area contributed by atoms with Crippen LogP contribution < -0.4 is 20.1 Å². The van der Waals surface area contributed by atoms with Gasteiger partial charge in [0.25, 0.3) is 0 Å². The molecule has 2 amide bonds. The number of likely N-dealkylation sites (N-methyl/N-ethyl adjacent to an activating group) is 1. The Morgan fingerprint density at radius 2 is 1.86 bits per heavy atom. The molecule has 2 aliphatic heterocycles. The summed E-state index contributed by atoms with van der Waals surface area (Å²) in [7, 11) is 3.58. The molecule has 0 saturated carbocycles. The largest absolute Gasteiger partial charge is 0.493 e. The van der Waals surface area contributed by atoms with E-state index in [4.69, 9.17) is 18.9 Å². The highest BCUT2D eigenvalue weighted by Crippen LogP contribution is 2.65. The van der Waals surface area contributed by atoms with Gasteiger partial charge < -0.3 is 39.6 Å². The molecule has 0 radical (unpaired) electrons. The molecule has 12 heteroatoms. The summed E-state index contributed by atoms with van der Waals surface area (Å²) in [6.07, 6.45) is 1.51. The molecule has 0 unspecified atom stereocenters. The van der Waals surface area contributed by atoms with E-state index in [-0.39, 0.29) is 30.0 Å². The fourth-order valence-corrected chi connectivity index (χ4v) is 7.43. The van der Waals surface area contributed by atoms with Crippen LogP contribution in [0.5, 0.6) is 11.5 Å². The predicted octanol–water partition coefficient (Wildman–Crippen LogP) is 1.50. The molecule has 2 heterocycles. The third-order valence-corrected chi connectivity index (χ3v) is 9.51. The molecule has 1 spiro atoms. The Balaban J connectivity index is 1.30. The monoisotopic (exact) mass is 613 g/mol. The number of nitrogens with zero attached hydrogens (tertiary/aromatic N) is 1. The average Bonchev–Trinajstić information content (AvgIpc) is 3.31. The molecular weight excluding hydrogens is 570 g/mol. The fourth-order valence-electron chi connectivity index (χ4n) is 7.43. The lowest BCUT2D eigenvalue weighted by Crippen LogP contribution is -2.74. The van der Waals surface area contributed by atoms with Gasteiger partial charge in [0.2, 0.25) is 11.8 Å². The van der Waals surface area contributed by atoms with Gasteiger partial charge in [0.1, 0.15) is 17.8 Å². The van der Waals surface area contributed by atoms with E-state index in [0.29, 0.717) is 30.8 Å². The number of nitrogens with one attached hydrogen (secondary N) is 2. The van der Waals surface area contributed by atoms with Crippen LogP contribution in [0.1, 0.15) is 65.0 Å². The van der Waals surface area contributed by atoms with Crippen LogP contribution >= 0.6 is 0 Å². The standard InChI is InChI=1S/C32H43N3O9/c1-16(2)14-21(34-19(5)36)28(37)33-17(3)29(38)42-18(4)30(39)43-23-10-11-32(40)24-15-20-8-9-22(41-7)26-25(20)31(32,27(23)44-26)12-13-35(24)6/h8-10,16-18,21,24,27,40H,11-15H2,1-7H3,(H,33,37)(H,34,36)/t17-,18-,21-,24-,27-,31-,32+/m0/s1. The Labute approximate surface area is 257 Å². The van der Waals surface area contributed by atoms with Crippen LogP contribution in [0, 0.1) is 5.92 Å². The summed E-state index contributed by atoms with van der Waals surface area (Å²) >= 11 is 0. The maximum absolute atomic E-state index is 13.3. The summed E-state index contributed by atoms with van der Waals surface area (Å²) in [5.74, 6) is -1.05. The highest BCUT2D eigenvalue weighted by molar-refractivity contribution is 5.90. The van der Waals surface area contributed by atoms with Gasteiger partial charge in [-0.15, -0.1) is 0 Å². The molecule has 2 aliphatic carbocycles. The minimum absolute atomic E-state index is 0.123. The van der Waals surface area contributed by atoms with Crippen molar-refractivity contribution in [3.8, 4) is 11.5 Å². The van der Waals surface area contributed by atoms with Crippen molar-refractivity contribution in [3.63, 3.8) is 0 Å². The van der Waals surface area contributed by atoms with E-state index in [0.717, 1.165) is 17.7 Å². The number of amides is 2. The van der Waals surface area contributed by atoms with Crippen LogP contribution in [0.4, 0.5) is 0 Å². The second-order valence-electron chi connectivity index (χ2n) is 12.9. The summed E-state index contributed by atoms with van der Waals surface area (Å²) in [4.78, 5) is 52.6. The minimum atomic E-state index is -1.30. The number of piperidine rings is 1. The molecule has 4 aliphatic rings. The van der Waals surface area contributed by atoms with Crippen LogP contribution in [-0.2, 0) is 40.5 Å². The molecular formula is C32H43N3O9. The van der Waals surface area contributed by atoms with Crippen LogP contribution in [0.15, 0.2) is 24.0 Å². The summed E-state index contributed by atoms with van der Waals surface area (Å²) in [5, 5.41) is 17.5. The Hall–Kier alpha value is -3.64. The SMILES string of the molecule is COc1ccc2c3c1O[C@H]1C(OC(=O)[C@H](C)OC(=O)[C@H](C)NC(=O)[C@H](CC(C)C)NC(C)=O)=CC[C@@]4(O)[C@H](C2)N(C)CC[C@]314. The van der Waals surface area contributed by atoms with Gasteiger partial charge in [0.05, 0.1) is 18.1 Å². The first-order chi connectivity index (χ1) is 20.7. The highest BCUT2D eigenvalue weighted by Gasteiger charge is 2.72. The van der Waals surface area contributed by atoms with Gasteiger partial charge in [-0.05, 0) is 70.3 Å². The maximum Gasteiger partial charge on any atom is 0.352 e. The number of aliphatic hydroxyl groups is 1. The zero-order valence-corrected chi connectivity index (χ0v) is 26.4. The Kier molecular flexibility index (Phi) is 8.45. The molecule has 12 nitrogen and oxygen atoms in total. The number of hydrogen-bond acceptors (Lipinski definition) is 10. The summed E-state index contributed by atoms with van der Waals surface area (Å²) < 4.78 is 23.3. The van der Waals surface area contributed by atoms with Crippen molar-refractivity contribution in [2.75, 3.05) is 20.7 Å². The molecule has 2 bridgehead atoms. The number of ether oxygens (including phenoxy) is 4. The van der Waals surface area contributed by atoms with Gasteiger partial charge in [-0.25, -0.2) is 9.59 Å². The van der Waals surface area contributed by atoms with E-state index < -0.39 is 53.2 Å². The van der Waals surface area contributed by atoms with E-state index in [1.54, 1.807) is 13.2 Å². The first kappa shape index (κ1) is 31.8. The van der Waals surface area contributed by atoms with Gasteiger partial charge in [0.15, 0.2) is 23.7 Å². The molecule has 0 aromatic heterocycles. The van der Waals surface area contributed by atoms with Crippen molar-refractivity contribution in [2.45, 2.75) is 102 Å². The van der Waals surface area contributed by atoms with Gasteiger partial charge >= 0.3 is 11.9 Å². The topological polar surface area (TPSA) is 153 Å². The molecule has 240 valence electrons. The van der Waals surface area contributed by atoms with E-state index in [1.165, 1.54) is 20.8 Å². The van der Waals surface area contributed by atoms with Gasteiger partial charge in [-0.2, -0.15) is 0 Å². The zero-order chi connectivity index (χ0) is 32.1. The van der Waals surface area contributed by atoms with Crippen LogP contribution in [0.3, 0.4) is 0 Å². The number of methoxy groups -OCH3 is 1. The van der Waals surface area contributed by atoms with E-state index >= 15 is 0 Å². The number of likely N-dealkylation sites (tertiary alicyclic amines) is 1. The third-order valence-electron chi connectivity index (χ3n) is 9.51. The molecule has 3 N–H and O–H groups in total. The van der Waals surface area contributed by atoms with Crippen LogP contribution in [0.25, 0.3) is 0 Å². The predicted molar refractivity (Wildman–Crippen MR) is 158 cm³/mol. The van der Waals surface area contributed by atoms with Crippen LogP contribution in [0.2, 0.25) is 0 Å². The molecule has 7 atom stereocenters. The van der Waals surface area contributed by atoms with Crippen molar-refractivity contribution in [1.82, 2.24) is 15.5 Å². The fraction of sp³-hybridized carbons (Fsp3) is 0.625. The summed E-state index contributed by atoms with van der Waals surface area (Å²) in [5.41, 5.74) is -0.00815. The average molecular weight is 614 g/mol. The smallest absolute Gasteiger partial charge is 0.352 e. The second kappa shape index (κ2) is 11.7. The first-order valence-electron chi connectivity index (χ1n) is 15.2. The number of benzene rings is 1. The normalized spacial score (nSPS) is 28.4. The van der Waals surface area contributed by atoms with E-state index in [2.05, 4.69) is 15.5 Å². The molecule has 1 saturated heterocycles. The van der Waals surface area contributed by atoms with E-state index in [1.807, 2.05) is 33.0 Å². The highest BCUT2D eigenvalue weighted by atomic mass is 16.6. The maximum atomic E-state index is 13.3. The molecule has 1 aromatic rings. The Morgan fingerprint density at radius 3 is 2.52 bits per heavy atom. The molecule has 1 aromatic carbocycles. The molecule has 5 rings (SSSR count). The number of esters is 2. The van der Waals surface area contributed by atoms with Crippen molar-refractivity contribution < 1.29 is 43.2 Å². The van der Waals surface area contributed by atoms with Crippen molar-refractivity contribution in [1.29, 1.82) is 0 Å². The number of carbonyl (C=O) groups is 4. The summed E-state index contributed by atoms with van der Waals surface area (Å²) in [6.45, 7) is 8.71. The Morgan fingerprint density at radius 1 is 1.14 bits per heavy atom. The number of hydrogen-bond donors (Lipinski definition) is 3. The minimum Gasteiger partial charge on any atom is -0.493 e. The summed E-state index contributed by atoms with van der Waals surface area (Å²) in [6, 6.07) is 1.84. The lowest BCUT2D eigenvalue weighted by atomic mass is 9.50. The zero-order valence-electron chi connectivity index (χ0n) is 26.4. The van der Waals surface area contributed by atoms with Crippen molar-refractivity contribution in [3.05, 3.63) is 35.1 Å². The molecule has 44 heavy (non-hydrogen) atoms. The Bertz CT molecular complexity index is 1390. The lowest BCUT2D eigenvalue weighted by Gasteiger charge is -2.61. The van der Waals surface area contributed by atoms with Crippen molar-refractivity contribution in [2.24, 2.45) is 5.92 Å². The first-order valence-corrected chi connectivity index (χ1v) is 15.2. The molecule has 1 fully saturated rings. The van der Waals surface area contributed by atoms with Gasteiger partial charge in [-0.1, -0.05) is 19.9 Å². The van der Waals surface area contributed by atoms with Crippen molar-refractivity contribution >= 4 is 23.8 Å². The van der Waals surface area contributed by atoms with Crippen LogP contribution in [-0.4, -0.2) is 90.4 Å². The number of carbonyl (C=O) groups excluding carboxylic acids is 4. The third kappa shape index (κ3) is 5.11. The van der Waals surface area contributed by atoms with Gasteiger partial charge in [-0.3, -0.25) is 9.59 Å². The quantitative estimate of drug-likeness (QED) is 0.331. The lowest BCUT2D eigenvalue weighted by molar-refractivity contribution is -0.176.